The van der Waals surface area contributed by atoms with Gasteiger partial charge in [0, 0.05) is 30.2 Å². The van der Waals surface area contributed by atoms with Gasteiger partial charge < -0.3 is 5.32 Å². The number of fused-ring (bicyclic) bond motifs is 1. The summed E-state index contributed by atoms with van der Waals surface area (Å²) in [4.78, 5) is 0. The number of nitrogens with zero attached hydrogens (tertiary/aromatic N) is 2. The third kappa shape index (κ3) is 3.16. The van der Waals surface area contributed by atoms with Crippen molar-refractivity contribution < 1.29 is 0 Å². The Morgan fingerprint density at radius 3 is 2.67 bits per heavy atom. The van der Waals surface area contributed by atoms with E-state index in [0.717, 1.165) is 19.4 Å². The van der Waals surface area contributed by atoms with Crippen LogP contribution in [0, 0.1) is 6.92 Å². The topological polar surface area (TPSA) is 29.9 Å². The number of nitrogens with one attached hydrogen (secondary N) is 1. The van der Waals surface area contributed by atoms with Gasteiger partial charge in [-0.2, -0.15) is 5.10 Å². The molecule has 0 aliphatic rings. The molecule has 2 aromatic carbocycles. The van der Waals surface area contributed by atoms with Crippen molar-refractivity contribution >= 4 is 16.6 Å². The van der Waals surface area contributed by atoms with E-state index in [1.54, 1.807) is 0 Å². The van der Waals surface area contributed by atoms with Crippen LogP contribution in [0.25, 0.3) is 22.0 Å². The molecular formula is C21H27N3. The Morgan fingerprint density at radius 1 is 1.08 bits per heavy atom. The molecule has 0 unspecified atom stereocenters. The van der Waals surface area contributed by atoms with E-state index >= 15 is 0 Å². The minimum absolute atomic E-state index is 0.995. The molecule has 0 radical (unpaired) electrons. The van der Waals surface area contributed by atoms with Crippen LogP contribution in [0.15, 0.2) is 36.5 Å². The van der Waals surface area contributed by atoms with Crippen molar-refractivity contribution in [1.29, 1.82) is 0 Å². The van der Waals surface area contributed by atoms with Gasteiger partial charge in [-0.1, -0.05) is 26.3 Å². The van der Waals surface area contributed by atoms with Crippen LogP contribution in [-0.4, -0.2) is 16.3 Å². The Kier molecular flexibility index (Phi) is 4.89. The van der Waals surface area contributed by atoms with Gasteiger partial charge in [0.2, 0.25) is 0 Å². The van der Waals surface area contributed by atoms with E-state index in [1.807, 2.05) is 17.9 Å². The first-order valence-electron chi connectivity index (χ1n) is 8.93. The fraction of sp³-hybridized carbons (Fsp3) is 0.381. The van der Waals surface area contributed by atoms with Crippen molar-refractivity contribution in [2.24, 2.45) is 7.05 Å². The predicted octanol–water partition coefficient (Wildman–Crippen LogP) is 5.32. The van der Waals surface area contributed by atoms with Crippen molar-refractivity contribution in [3.05, 3.63) is 47.7 Å². The Bertz CT molecular complexity index is 846. The SMILES string of the molecule is CCCNc1cc(C)c(CCC)cc1-c1ccc2c(cnn2C)c1. The first-order valence-corrected chi connectivity index (χ1v) is 8.93. The zero-order chi connectivity index (χ0) is 17.1. The van der Waals surface area contributed by atoms with Gasteiger partial charge in [0.05, 0.1) is 11.7 Å². The van der Waals surface area contributed by atoms with E-state index in [-0.39, 0.29) is 0 Å². The predicted molar refractivity (Wildman–Crippen MR) is 104 cm³/mol. The third-order valence-electron chi connectivity index (χ3n) is 4.62. The molecule has 0 aliphatic heterocycles. The van der Waals surface area contributed by atoms with Gasteiger partial charge in [-0.25, -0.2) is 0 Å². The maximum atomic E-state index is 4.36. The molecule has 0 spiro atoms. The van der Waals surface area contributed by atoms with Crippen molar-refractivity contribution in [3.8, 4) is 11.1 Å². The van der Waals surface area contributed by atoms with E-state index in [9.17, 15) is 0 Å². The number of anilines is 1. The monoisotopic (exact) mass is 321 g/mol. The molecule has 3 aromatic rings. The quantitative estimate of drug-likeness (QED) is 0.665. The lowest BCUT2D eigenvalue weighted by atomic mass is 9.94. The molecule has 0 amide bonds. The van der Waals surface area contributed by atoms with Gasteiger partial charge in [-0.3, -0.25) is 4.68 Å². The van der Waals surface area contributed by atoms with Crippen LogP contribution in [0.1, 0.15) is 37.8 Å². The summed E-state index contributed by atoms with van der Waals surface area (Å²) in [5.41, 5.74) is 7.78. The summed E-state index contributed by atoms with van der Waals surface area (Å²) >= 11 is 0. The molecule has 24 heavy (non-hydrogen) atoms. The lowest BCUT2D eigenvalue weighted by Gasteiger charge is -2.16. The standard InChI is InChI=1S/C21H27N3/c1-5-7-16-13-19(20(11-15(16)3)22-10-6-2)17-8-9-21-18(12-17)14-23-24(21)4/h8-9,11-14,22H,5-7,10H2,1-4H3. The highest BCUT2D eigenvalue weighted by Crippen LogP contribution is 2.33. The molecule has 1 heterocycles. The van der Waals surface area contributed by atoms with E-state index in [1.165, 1.54) is 45.3 Å². The zero-order valence-corrected chi connectivity index (χ0v) is 15.2. The molecule has 0 aliphatic carbocycles. The Hall–Kier alpha value is -2.29. The average Bonchev–Trinajstić information content (AvgIpc) is 2.95. The largest absolute Gasteiger partial charge is 0.385 e. The fourth-order valence-corrected chi connectivity index (χ4v) is 3.27. The van der Waals surface area contributed by atoms with Crippen molar-refractivity contribution in [1.82, 2.24) is 9.78 Å². The first-order chi connectivity index (χ1) is 11.6. The van der Waals surface area contributed by atoms with Crippen LogP contribution in [-0.2, 0) is 13.5 Å². The molecule has 1 N–H and O–H groups in total. The molecule has 1 aromatic heterocycles. The second-order valence-corrected chi connectivity index (χ2v) is 6.54. The smallest absolute Gasteiger partial charge is 0.0679 e. The summed E-state index contributed by atoms with van der Waals surface area (Å²) < 4.78 is 1.92. The highest BCUT2D eigenvalue weighted by Gasteiger charge is 2.11. The normalized spacial score (nSPS) is 11.2. The molecule has 0 fully saturated rings. The van der Waals surface area contributed by atoms with Gasteiger partial charge in [-0.05, 0) is 60.7 Å². The number of hydrogen-bond donors (Lipinski definition) is 1. The van der Waals surface area contributed by atoms with Crippen molar-refractivity contribution in [2.75, 3.05) is 11.9 Å². The Morgan fingerprint density at radius 2 is 1.92 bits per heavy atom. The zero-order valence-electron chi connectivity index (χ0n) is 15.2. The van der Waals surface area contributed by atoms with Crippen LogP contribution in [0.3, 0.4) is 0 Å². The van der Waals surface area contributed by atoms with E-state index in [4.69, 9.17) is 0 Å². The molecule has 3 rings (SSSR count). The minimum atomic E-state index is 0.995. The van der Waals surface area contributed by atoms with Crippen LogP contribution >= 0.6 is 0 Å². The molecule has 3 nitrogen and oxygen atoms in total. The van der Waals surface area contributed by atoms with Crippen molar-refractivity contribution in [2.45, 2.75) is 40.0 Å². The second-order valence-electron chi connectivity index (χ2n) is 6.54. The highest BCUT2D eigenvalue weighted by atomic mass is 15.2. The minimum Gasteiger partial charge on any atom is -0.385 e. The summed E-state index contributed by atoms with van der Waals surface area (Å²) in [6.45, 7) is 7.65. The molecular weight excluding hydrogens is 294 g/mol. The van der Waals surface area contributed by atoms with Gasteiger partial charge in [0.15, 0.2) is 0 Å². The number of benzene rings is 2. The Labute approximate surface area is 144 Å². The molecule has 0 saturated heterocycles. The van der Waals surface area contributed by atoms with E-state index in [0.29, 0.717) is 0 Å². The summed E-state index contributed by atoms with van der Waals surface area (Å²) in [5.74, 6) is 0. The maximum Gasteiger partial charge on any atom is 0.0679 e. The number of hydrogen-bond acceptors (Lipinski definition) is 2. The van der Waals surface area contributed by atoms with Gasteiger partial charge >= 0.3 is 0 Å². The third-order valence-corrected chi connectivity index (χ3v) is 4.62. The maximum absolute atomic E-state index is 4.36. The van der Waals surface area contributed by atoms with E-state index in [2.05, 4.69) is 61.5 Å². The highest BCUT2D eigenvalue weighted by molar-refractivity contribution is 5.88. The fourth-order valence-electron chi connectivity index (χ4n) is 3.27. The molecule has 0 bridgehead atoms. The average molecular weight is 321 g/mol. The molecule has 0 saturated carbocycles. The van der Waals surface area contributed by atoms with Crippen LogP contribution < -0.4 is 5.32 Å². The molecule has 126 valence electrons. The summed E-state index contributed by atoms with van der Waals surface area (Å²) in [6.07, 6.45) is 5.36. The Balaban J connectivity index is 2.12. The van der Waals surface area contributed by atoms with Gasteiger partial charge in [0.1, 0.15) is 0 Å². The number of rotatable bonds is 6. The van der Waals surface area contributed by atoms with Crippen LogP contribution in [0.4, 0.5) is 5.69 Å². The summed E-state index contributed by atoms with van der Waals surface area (Å²) in [7, 11) is 1.99. The first kappa shape index (κ1) is 16.6. The summed E-state index contributed by atoms with van der Waals surface area (Å²) in [6, 6.07) is 11.3. The van der Waals surface area contributed by atoms with Gasteiger partial charge in [-0.15, -0.1) is 0 Å². The number of aryl methyl sites for hydroxylation is 3. The number of aromatic nitrogens is 2. The van der Waals surface area contributed by atoms with Crippen LogP contribution in [0.2, 0.25) is 0 Å². The lowest BCUT2D eigenvalue weighted by Crippen LogP contribution is -2.03. The van der Waals surface area contributed by atoms with Crippen molar-refractivity contribution in [3.63, 3.8) is 0 Å². The van der Waals surface area contributed by atoms with E-state index < -0.39 is 0 Å². The summed E-state index contributed by atoms with van der Waals surface area (Å²) in [5, 5.41) is 9.16. The lowest BCUT2D eigenvalue weighted by molar-refractivity contribution is 0.797. The molecule has 3 heteroatoms. The molecule has 0 atom stereocenters. The second kappa shape index (κ2) is 7.08. The van der Waals surface area contributed by atoms with Crippen LogP contribution in [0.5, 0.6) is 0 Å². The van der Waals surface area contributed by atoms with Gasteiger partial charge in [0.25, 0.3) is 0 Å².